The number of anilines is 2. The average molecular weight is 250 g/mol. The first-order valence-electron chi connectivity index (χ1n) is 4.98. The quantitative estimate of drug-likeness (QED) is 0.860. The number of aryl methyl sites for hydroxylation is 1. The zero-order valence-electron chi connectivity index (χ0n) is 9.16. The lowest BCUT2D eigenvalue weighted by atomic mass is 10.2. The molecule has 0 atom stereocenters. The van der Waals surface area contributed by atoms with Gasteiger partial charge in [0, 0.05) is 5.69 Å². The average Bonchev–Trinajstić information content (AvgIpc) is 2.70. The Morgan fingerprint density at radius 2 is 2.18 bits per heavy atom. The normalized spacial score (nSPS) is 10.2. The van der Waals surface area contributed by atoms with E-state index in [0.717, 1.165) is 5.56 Å². The van der Waals surface area contributed by atoms with Gasteiger partial charge >= 0.3 is 0 Å². The number of thiophene rings is 1. The fraction of sp³-hybridized carbons (Fsp3) is 0.0833. The van der Waals surface area contributed by atoms with Crippen molar-refractivity contribution in [1.29, 1.82) is 0 Å². The molecule has 0 saturated heterocycles. The van der Waals surface area contributed by atoms with Crippen LogP contribution in [-0.4, -0.2) is 5.91 Å². The smallest absolute Gasteiger partial charge is 0.267 e. The lowest BCUT2D eigenvalue weighted by Crippen LogP contribution is -2.12. The summed E-state index contributed by atoms with van der Waals surface area (Å²) in [5.74, 6) is -0.698. The van der Waals surface area contributed by atoms with E-state index in [1.165, 1.54) is 23.5 Å². The first-order valence-corrected chi connectivity index (χ1v) is 5.86. The van der Waals surface area contributed by atoms with E-state index in [4.69, 9.17) is 5.73 Å². The van der Waals surface area contributed by atoms with E-state index in [1.54, 1.807) is 24.4 Å². The van der Waals surface area contributed by atoms with Gasteiger partial charge in [0.15, 0.2) is 0 Å². The third kappa shape index (κ3) is 2.45. The van der Waals surface area contributed by atoms with Gasteiger partial charge in [-0.2, -0.15) is 0 Å². The van der Waals surface area contributed by atoms with Crippen LogP contribution < -0.4 is 11.1 Å². The van der Waals surface area contributed by atoms with E-state index in [2.05, 4.69) is 5.32 Å². The highest BCUT2D eigenvalue weighted by atomic mass is 32.1. The molecule has 0 spiro atoms. The summed E-state index contributed by atoms with van der Waals surface area (Å²) < 4.78 is 13.0. The highest BCUT2D eigenvalue weighted by Gasteiger charge is 2.12. The summed E-state index contributed by atoms with van der Waals surface area (Å²) in [4.78, 5) is 12.3. The Morgan fingerprint density at radius 3 is 2.82 bits per heavy atom. The molecule has 0 bridgehead atoms. The van der Waals surface area contributed by atoms with Gasteiger partial charge in [0.2, 0.25) is 0 Å². The predicted molar refractivity (Wildman–Crippen MR) is 67.8 cm³/mol. The van der Waals surface area contributed by atoms with Crippen LogP contribution in [0, 0.1) is 12.7 Å². The molecule has 1 aromatic carbocycles. The van der Waals surface area contributed by atoms with Crippen LogP contribution in [0.4, 0.5) is 15.8 Å². The van der Waals surface area contributed by atoms with E-state index < -0.39 is 0 Å². The molecule has 0 unspecified atom stereocenters. The molecule has 2 rings (SSSR count). The number of hydrogen-bond donors (Lipinski definition) is 2. The molecule has 88 valence electrons. The first kappa shape index (κ1) is 11.6. The Labute approximate surface area is 102 Å². The maximum atomic E-state index is 13.0. The summed E-state index contributed by atoms with van der Waals surface area (Å²) >= 11 is 1.26. The molecular formula is C12H11FN2OS. The van der Waals surface area contributed by atoms with Gasteiger partial charge < -0.3 is 11.1 Å². The molecular weight excluding hydrogens is 239 g/mol. The molecule has 0 aliphatic carbocycles. The summed E-state index contributed by atoms with van der Waals surface area (Å²) in [5.41, 5.74) is 7.33. The van der Waals surface area contributed by atoms with E-state index in [1.807, 2.05) is 0 Å². The second kappa shape index (κ2) is 4.55. The number of hydrogen-bond acceptors (Lipinski definition) is 3. The van der Waals surface area contributed by atoms with Crippen LogP contribution in [0.1, 0.15) is 15.2 Å². The number of rotatable bonds is 2. The summed E-state index contributed by atoms with van der Waals surface area (Å²) in [7, 11) is 0. The molecule has 1 heterocycles. The highest BCUT2D eigenvalue weighted by molar-refractivity contribution is 7.12. The van der Waals surface area contributed by atoms with Gasteiger partial charge in [-0.15, -0.1) is 11.3 Å². The number of amides is 1. The molecule has 1 aromatic heterocycles. The summed E-state index contributed by atoms with van der Waals surface area (Å²) in [5, 5.41) is 4.38. The van der Waals surface area contributed by atoms with Crippen molar-refractivity contribution >= 4 is 28.6 Å². The zero-order chi connectivity index (χ0) is 12.4. The van der Waals surface area contributed by atoms with Crippen molar-refractivity contribution in [3.63, 3.8) is 0 Å². The van der Waals surface area contributed by atoms with Crippen molar-refractivity contribution < 1.29 is 9.18 Å². The molecule has 1 amide bonds. The van der Waals surface area contributed by atoms with Crippen molar-refractivity contribution in [3.8, 4) is 0 Å². The maximum absolute atomic E-state index is 13.0. The van der Waals surface area contributed by atoms with Crippen LogP contribution in [0.25, 0.3) is 0 Å². The Balaban J connectivity index is 2.24. The van der Waals surface area contributed by atoms with Gasteiger partial charge in [0.25, 0.3) is 5.91 Å². The van der Waals surface area contributed by atoms with E-state index in [0.29, 0.717) is 16.3 Å². The molecule has 0 fully saturated rings. The number of carbonyl (C=O) groups is 1. The molecule has 17 heavy (non-hydrogen) atoms. The van der Waals surface area contributed by atoms with Gasteiger partial charge in [0.05, 0.1) is 5.69 Å². The monoisotopic (exact) mass is 250 g/mol. The molecule has 0 aliphatic heterocycles. The minimum Gasteiger partial charge on any atom is -0.397 e. The number of carbonyl (C=O) groups excluding carboxylic acids is 1. The molecule has 2 aromatic rings. The molecule has 0 aliphatic rings. The van der Waals surface area contributed by atoms with Crippen molar-refractivity contribution in [2.45, 2.75) is 6.92 Å². The minimum atomic E-state index is -0.384. The van der Waals surface area contributed by atoms with Gasteiger partial charge in [-0.05, 0) is 36.1 Å². The summed E-state index contributed by atoms with van der Waals surface area (Å²) in [6.45, 7) is 1.80. The number of nitrogen functional groups attached to an aromatic ring is 1. The lowest BCUT2D eigenvalue weighted by molar-refractivity contribution is 0.103. The third-order valence-electron chi connectivity index (χ3n) is 2.35. The van der Waals surface area contributed by atoms with Crippen LogP contribution in [0.2, 0.25) is 0 Å². The SMILES string of the molecule is Cc1ccc(F)cc1NC(=O)c1sccc1N. The van der Waals surface area contributed by atoms with Crippen LogP contribution in [0.5, 0.6) is 0 Å². The van der Waals surface area contributed by atoms with Crippen LogP contribution in [0.15, 0.2) is 29.6 Å². The Hall–Kier alpha value is -1.88. The fourth-order valence-corrected chi connectivity index (χ4v) is 2.12. The molecule has 0 radical (unpaired) electrons. The largest absolute Gasteiger partial charge is 0.397 e. The number of benzene rings is 1. The van der Waals surface area contributed by atoms with E-state index >= 15 is 0 Å². The first-order chi connectivity index (χ1) is 8.08. The van der Waals surface area contributed by atoms with Gasteiger partial charge in [-0.1, -0.05) is 6.07 Å². The van der Waals surface area contributed by atoms with Gasteiger partial charge in [-0.25, -0.2) is 4.39 Å². The summed E-state index contributed by atoms with van der Waals surface area (Å²) in [6.07, 6.45) is 0. The Bertz CT molecular complexity index is 565. The standard InChI is InChI=1S/C12H11FN2OS/c1-7-2-3-8(13)6-10(7)15-12(16)11-9(14)4-5-17-11/h2-6H,14H2,1H3,(H,15,16). The zero-order valence-corrected chi connectivity index (χ0v) is 9.98. The second-order valence-electron chi connectivity index (χ2n) is 3.62. The maximum Gasteiger partial charge on any atom is 0.267 e. The third-order valence-corrected chi connectivity index (χ3v) is 3.28. The van der Waals surface area contributed by atoms with Crippen LogP contribution in [-0.2, 0) is 0 Å². The highest BCUT2D eigenvalue weighted by Crippen LogP contribution is 2.22. The number of halogens is 1. The second-order valence-corrected chi connectivity index (χ2v) is 4.53. The molecule has 0 saturated carbocycles. The topological polar surface area (TPSA) is 55.1 Å². The minimum absolute atomic E-state index is 0.314. The Kier molecular flexibility index (Phi) is 3.10. The molecule has 3 nitrogen and oxygen atoms in total. The van der Waals surface area contributed by atoms with Crippen molar-refractivity contribution in [3.05, 3.63) is 45.9 Å². The van der Waals surface area contributed by atoms with E-state index in [-0.39, 0.29) is 11.7 Å². The van der Waals surface area contributed by atoms with Crippen molar-refractivity contribution in [2.24, 2.45) is 0 Å². The van der Waals surface area contributed by atoms with Gasteiger partial charge in [0.1, 0.15) is 10.7 Å². The van der Waals surface area contributed by atoms with Crippen molar-refractivity contribution in [1.82, 2.24) is 0 Å². The van der Waals surface area contributed by atoms with Crippen LogP contribution in [0.3, 0.4) is 0 Å². The van der Waals surface area contributed by atoms with Crippen LogP contribution >= 0.6 is 11.3 Å². The van der Waals surface area contributed by atoms with Gasteiger partial charge in [-0.3, -0.25) is 4.79 Å². The van der Waals surface area contributed by atoms with E-state index in [9.17, 15) is 9.18 Å². The number of nitrogens with one attached hydrogen (secondary N) is 1. The molecule has 5 heteroatoms. The number of nitrogens with two attached hydrogens (primary N) is 1. The van der Waals surface area contributed by atoms with Crippen molar-refractivity contribution in [2.75, 3.05) is 11.1 Å². The fourth-order valence-electron chi connectivity index (χ4n) is 1.41. The predicted octanol–water partition coefficient (Wildman–Crippen LogP) is 3.03. The lowest BCUT2D eigenvalue weighted by Gasteiger charge is -2.07. The Morgan fingerprint density at radius 1 is 1.41 bits per heavy atom. The molecule has 3 N–H and O–H groups in total. The summed E-state index contributed by atoms with van der Waals surface area (Å²) in [6, 6.07) is 5.92.